The number of aromatic nitrogens is 4. The summed E-state index contributed by atoms with van der Waals surface area (Å²) in [4.78, 5) is 28.9. The predicted octanol–water partition coefficient (Wildman–Crippen LogP) is 1.24. The van der Waals surface area contributed by atoms with Gasteiger partial charge in [0.15, 0.2) is 11.2 Å². The number of nitrogens with one attached hydrogen (secondary N) is 1. The van der Waals surface area contributed by atoms with Gasteiger partial charge < -0.3 is 9.88 Å². The minimum atomic E-state index is -0.377. The summed E-state index contributed by atoms with van der Waals surface area (Å²) in [5.41, 5.74) is 3.89. The van der Waals surface area contributed by atoms with Crippen LogP contribution in [0.4, 0.5) is 5.95 Å². The minimum absolute atomic E-state index is 0.337. The van der Waals surface area contributed by atoms with Crippen molar-refractivity contribution in [2.24, 2.45) is 21.1 Å². The molecular weight excluding hydrogens is 318 g/mol. The standard InChI is InChI=1S/C18H23N5O2/c1-11-6-7-13(12(2)10-11)8-9-19-17-20-15-14(21(17)3)16(24)23(5)18(25)22(15)4/h6-7,10H,8-9H2,1-5H3,(H,19,20). The molecule has 0 saturated heterocycles. The Morgan fingerprint density at radius 2 is 1.76 bits per heavy atom. The SMILES string of the molecule is Cc1ccc(CCNc2nc3c(c(=O)n(C)c(=O)n3C)n2C)c(C)c1. The summed E-state index contributed by atoms with van der Waals surface area (Å²) in [5, 5.41) is 3.27. The van der Waals surface area contributed by atoms with Crippen molar-refractivity contribution < 1.29 is 0 Å². The number of anilines is 1. The smallest absolute Gasteiger partial charge is 0.332 e. The topological polar surface area (TPSA) is 73.8 Å². The van der Waals surface area contributed by atoms with E-state index in [2.05, 4.69) is 42.3 Å². The third-order valence-electron chi connectivity index (χ3n) is 4.65. The number of hydrogen-bond acceptors (Lipinski definition) is 4. The Labute approximate surface area is 145 Å². The number of benzene rings is 1. The highest BCUT2D eigenvalue weighted by molar-refractivity contribution is 5.74. The van der Waals surface area contributed by atoms with Gasteiger partial charge in [0.25, 0.3) is 5.56 Å². The zero-order valence-corrected chi connectivity index (χ0v) is 15.3. The molecule has 0 amide bonds. The lowest BCUT2D eigenvalue weighted by molar-refractivity contribution is 0.705. The Morgan fingerprint density at radius 1 is 1.04 bits per heavy atom. The molecule has 0 saturated carbocycles. The van der Waals surface area contributed by atoms with Crippen LogP contribution in [0.1, 0.15) is 16.7 Å². The lowest BCUT2D eigenvalue weighted by atomic mass is 10.0. The molecule has 0 aliphatic rings. The third kappa shape index (κ3) is 2.86. The van der Waals surface area contributed by atoms with Crippen molar-refractivity contribution in [1.82, 2.24) is 18.7 Å². The molecule has 0 radical (unpaired) electrons. The first-order valence-electron chi connectivity index (χ1n) is 8.23. The van der Waals surface area contributed by atoms with Gasteiger partial charge in [-0.3, -0.25) is 13.9 Å². The highest BCUT2D eigenvalue weighted by atomic mass is 16.2. The van der Waals surface area contributed by atoms with Crippen LogP contribution in [0.5, 0.6) is 0 Å². The molecule has 0 unspecified atom stereocenters. The third-order valence-corrected chi connectivity index (χ3v) is 4.65. The second-order valence-electron chi connectivity index (χ2n) is 6.48. The van der Waals surface area contributed by atoms with Gasteiger partial charge in [-0.15, -0.1) is 0 Å². The molecule has 0 bridgehead atoms. The molecule has 1 N–H and O–H groups in total. The highest BCUT2D eigenvalue weighted by Crippen LogP contribution is 2.14. The van der Waals surface area contributed by atoms with Crippen LogP contribution in [0, 0.1) is 13.8 Å². The summed E-state index contributed by atoms with van der Waals surface area (Å²) < 4.78 is 4.20. The zero-order chi connectivity index (χ0) is 18.3. The minimum Gasteiger partial charge on any atom is -0.355 e. The first-order chi connectivity index (χ1) is 11.8. The Morgan fingerprint density at radius 3 is 2.44 bits per heavy atom. The molecule has 2 heterocycles. The highest BCUT2D eigenvalue weighted by Gasteiger charge is 2.16. The second-order valence-corrected chi connectivity index (χ2v) is 6.48. The second kappa shape index (κ2) is 6.23. The van der Waals surface area contributed by atoms with E-state index in [1.54, 1.807) is 18.7 Å². The van der Waals surface area contributed by atoms with Gasteiger partial charge in [0.05, 0.1) is 0 Å². The molecule has 7 nitrogen and oxygen atoms in total. The van der Waals surface area contributed by atoms with Gasteiger partial charge in [0.2, 0.25) is 5.95 Å². The lowest BCUT2D eigenvalue weighted by Gasteiger charge is -2.09. The van der Waals surface area contributed by atoms with Gasteiger partial charge in [-0.1, -0.05) is 23.8 Å². The number of fused-ring (bicyclic) bond motifs is 1. The first-order valence-corrected chi connectivity index (χ1v) is 8.23. The average Bonchev–Trinajstić information content (AvgIpc) is 2.90. The molecule has 7 heteroatoms. The fourth-order valence-electron chi connectivity index (χ4n) is 3.11. The first kappa shape index (κ1) is 17.0. The van der Waals surface area contributed by atoms with Gasteiger partial charge >= 0.3 is 5.69 Å². The Hall–Kier alpha value is -2.83. The molecule has 0 spiro atoms. The van der Waals surface area contributed by atoms with E-state index < -0.39 is 0 Å². The van der Waals surface area contributed by atoms with Gasteiger partial charge in [0, 0.05) is 27.7 Å². The van der Waals surface area contributed by atoms with Crippen molar-refractivity contribution in [2.75, 3.05) is 11.9 Å². The summed E-state index contributed by atoms with van der Waals surface area (Å²) in [6, 6.07) is 6.42. The fraction of sp³-hybridized carbons (Fsp3) is 0.389. The van der Waals surface area contributed by atoms with Crippen LogP contribution in [-0.2, 0) is 27.6 Å². The number of imidazole rings is 1. The van der Waals surface area contributed by atoms with E-state index in [0.29, 0.717) is 23.7 Å². The van der Waals surface area contributed by atoms with Gasteiger partial charge in [-0.25, -0.2) is 4.79 Å². The van der Waals surface area contributed by atoms with Crippen molar-refractivity contribution in [3.63, 3.8) is 0 Å². The maximum absolute atomic E-state index is 12.4. The summed E-state index contributed by atoms with van der Waals surface area (Å²) in [7, 11) is 4.88. The van der Waals surface area contributed by atoms with Crippen molar-refractivity contribution in [2.45, 2.75) is 20.3 Å². The summed E-state index contributed by atoms with van der Waals surface area (Å²) in [6.07, 6.45) is 0.853. The molecule has 0 aliphatic carbocycles. The van der Waals surface area contributed by atoms with Crippen LogP contribution >= 0.6 is 0 Å². The predicted molar refractivity (Wildman–Crippen MR) is 99.3 cm³/mol. The zero-order valence-electron chi connectivity index (χ0n) is 15.3. The van der Waals surface area contributed by atoms with Crippen LogP contribution in [0.2, 0.25) is 0 Å². The van der Waals surface area contributed by atoms with E-state index in [-0.39, 0.29) is 11.2 Å². The summed E-state index contributed by atoms with van der Waals surface area (Å²) in [5.74, 6) is 0.582. The molecule has 0 aliphatic heterocycles. The van der Waals surface area contributed by atoms with Gasteiger partial charge in [-0.05, 0) is 31.4 Å². The van der Waals surface area contributed by atoms with Crippen LogP contribution in [0.3, 0.4) is 0 Å². The molecular formula is C18H23N5O2. The van der Waals surface area contributed by atoms with Crippen LogP contribution in [-0.4, -0.2) is 25.2 Å². The molecule has 1 aromatic carbocycles. The molecule has 2 aromatic heterocycles. The number of rotatable bonds is 4. The molecule has 25 heavy (non-hydrogen) atoms. The molecule has 132 valence electrons. The molecule has 0 fully saturated rings. The Kier molecular flexibility index (Phi) is 4.24. The summed E-state index contributed by atoms with van der Waals surface area (Å²) >= 11 is 0. The van der Waals surface area contributed by atoms with E-state index in [1.165, 1.54) is 28.3 Å². The van der Waals surface area contributed by atoms with E-state index >= 15 is 0 Å². The van der Waals surface area contributed by atoms with Crippen LogP contribution < -0.4 is 16.6 Å². The molecule has 3 aromatic rings. The van der Waals surface area contributed by atoms with Crippen LogP contribution in [0.25, 0.3) is 11.2 Å². The van der Waals surface area contributed by atoms with Crippen molar-refractivity contribution in [3.8, 4) is 0 Å². The summed E-state index contributed by atoms with van der Waals surface area (Å²) in [6.45, 7) is 4.88. The maximum Gasteiger partial charge on any atom is 0.332 e. The maximum atomic E-state index is 12.4. The van der Waals surface area contributed by atoms with E-state index in [9.17, 15) is 9.59 Å². The van der Waals surface area contributed by atoms with Crippen molar-refractivity contribution in [3.05, 3.63) is 55.7 Å². The lowest BCUT2D eigenvalue weighted by Crippen LogP contribution is -2.37. The van der Waals surface area contributed by atoms with Gasteiger partial charge in [0.1, 0.15) is 0 Å². The number of aryl methyl sites for hydroxylation is 4. The number of nitrogens with zero attached hydrogens (tertiary/aromatic N) is 4. The van der Waals surface area contributed by atoms with E-state index in [0.717, 1.165) is 11.0 Å². The molecule has 3 rings (SSSR count). The quantitative estimate of drug-likeness (QED) is 0.775. The fourth-order valence-corrected chi connectivity index (χ4v) is 3.11. The average molecular weight is 341 g/mol. The van der Waals surface area contributed by atoms with Crippen LogP contribution in [0.15, 0.2) is 27.8 Å². The van der Waals surface area contributed by atoms with E-state index in [1.807, 2.05) is 0 Å². The molecule has 0 atom stereocenters. The van der Waals surface area contributed by atoms with Crippen molar-refractivity contribution in [1.29, 1.82) is 0 Å². The Balaban J connectivity index is 1.89. The Bertz CT molecular complexity index is 1070. The largest absolute Gasteiger partial charge is 0.355 e. The normalized spacial score (nSPS) is 11.2. The number of hydrogen-bond donors (Lipinski definition) is 1. The van der Waals surface area contributed by atoms with E-state index in [4.69, 9.17) is 0 Å². The monoisotopic (exact) mass is 341 g/mol. The van der Waals surface area contributed by atoms with Gasteiger partial charge in [-0.2, -0.15) is 4.98 Å². The van der Waals surface area contributed by atoms with Crippen molar-refractivity contribution >= 4 is 17.1 Å².